The molecule has 2 amide bonds. The second-order valence-corrected chi connectivity index (χ2v) is 7.19. The molecule has 3 aromatic rings. The molecule has 1 aromatic heterocycles. The number of nitrogen functional groups attached to an aromatic ring is 1. The number of hydrogen-bond acceptors (Lipinski definition) is 5. The molecule has 0 fully saturated rings. The number of halogens is 1. The van der Waals surface area contributed by atoms with Crippen LogP contribution in [0.1, 0.15) is 26.3 Å². The summed E-state index contributed by atoms with van der Waals surface area (Å²) >= 11 is 3.41. The van der Waals surface area contributed by atoms with Crippen LogP contribution in [-0.2, 0) is 6.54 Å². The van der Waals surface area contributed by atoms with Crippen LogP contribution in [-0.4, -0.2) is 16.4 Å². The van der Waals surface area contributed by atoms with Gasteiger partial charge in [-0.15, -0.1) is 0 Å². The number of nitrogens with one attached hydrogen (secondary N) is 2. The first kappa shape index (κ1) is 18.0. The van der Waals surface area contributed by atoms with Crippen LogP contribution in [0.4, 0.5) is 11.5 Å². The third-order valence-electron chi connectivity index (χ3n) is 4.48. The SMILES string of the molecule is Nc1c2c(cc(=O)n1-c1cc(Br)ccc1NCc1ccccc1)C(=O)NC2=O. The number of benzene rings is 2. The molecule has 8 heteroatoms. The molecule has 2 heterocycles. The predicted molar refractivity (Wildman–Crippen MR) is 110 cm³/mol. The zero-order chi connectivity index (χ0) is 19.8. The summed E-state index contributed by atoms with van der Waals surface area (Å²) in [6.07, 6.45) is 0. The molecule has 0 unspecified atom stereocenters. The van der Waals surface area contributed by atoms with Crippen LogP contribution in [0.5, 0.6) is 0 Å². The second-order valence-electron chi connectivity index (χ2n) is 6.28. The van der Waals surface area contributed by atoms with Crippen molar-refractivity contribution in [2.75, 3.05) is 11.1 Å². The standard InChI is InChI=1S/C20H15BrN4O3/c21-12-6-7-14(23-10-11-4-2-1-3-5-11)15(8-12)25-16(26)9-13-17(18(25)22)20(28)24-19(13)27/h1-9,23H,10,22H2,(H,24,27,28). The third kappa shape index (κ3) is 3.07. The van der Waals surface area contributed by atoms with Crippen molar-refractivity contribution in [3.8, 4) is 5.69 Å². The molecule has 0 saturated carbocycles. The van der Waals surface area contributed by atoms with Crippen LogP contribution in [0, 0.1) is 0 Å². The number of carbonyl (C=O) groups is 2. The number of pyridine rings is 1. The van der Waals surface area contributed by atoms with Crippen LogP contribution < -0.4 is 21.9 Å². The number of imide groups is 1. The number of hydrogen-bond donors (Lipinski definition) is 3. The van der Waals surface area contributed by atoms with E-state index in [0.29, 0.717) is 17.9 Å². The van der Waals surface area contributed by atoms with E-state index in [1.807, 2.05) is 42.5 Å². The third-order valence-corrected chi connectivity index (χ3v) is 4.97. The number of aromatic nitrogens is 1. The Kier molecular flexibility index (Phi) is 4.48. The van der Waals surface area contributed by atoms with E-state index in [1.54, 1.807) is 6.07 Å². The fourth-order valence-corrected chi connectivity index (χ4v) is 3.51. The van der Waals surface area contributed by atoms with Crippen LogP contribution in [0.25, 0.3) is 5.69 Å². The van der Waals surface area contributed by atoms with Crippen LogP contribution >= 0.6 is 15.9 Å². The van der Waals surface area contributed by atoms with Gasteiger partial charge in [0.15, 0.2) is 0 Å². The highest BCUT2D eigenvalue weighted by Gasteiger charge is 2.32. The number of nitrogens with two attached hydrogens (primary N) is 1. The van der Waals surface area contributed by atoms with Gasteiger partial charge in [0, 0.05) is 17.1 Å². The molecule has 4 rings (SSSR count). The lowest BCUT2D eigenvalue weighted by Crippen LogP contribution is -2.25. The van der Waals surface area contributed by atoms with Crippen molar-refractivity contribution in [3.05, 3.63) is 86.1 Å². The van der Waals surface area contributed by atoms with Gasteiger partial charge in [0.1, 0.15) is 5.82 Å². The maximum Gasteiger partial charge on any atom is 0.262 e. The van der Waals surface area contributed by atoms with Crippen molar-refractivity contribution >= 4 is 39.2 Å². The Morgan fingerprint density at radius 2 is 1.75 bits per heavy atom. The van der Waals surface area contributed by atoms with Crippen molar-refractivity contribution in [3.63, 3.8) is 0 Å². The average Bonchev–Trinajstić information content (AvgIpc) is 2.95. The first-order chi connectivity index (χ1) is 13.5. The molecule has 1 aliphatic rings. The van der Waals surface area contributed by atoms with E-state index in [1.165, 1.54) is 4.57 Å². The molecule has 4 N–H and O–H groups in total. The summed E-state index contributed by atoms with van der Waals surface area (Å²) in [6, 6.07) is 16.3. The van der Waals surface area contributed by atoms with Crippen LogP contribution in [0.2, 0.25) is 0 Å². The number of anilines is 2. The monoisotopic (exact) mass is 438 g/mol. The van der Waals surface area contributed by atoms with E-state index in [0.717, 1.165) is 16.1 Å². The van der Waals surface area contributed by atoms with Gasteiger partial charge in [0.25, 0.3) is 17.4 Å². The van der Waals surface area contributed by atoms with Crippen molar-refractivity contribution < 1.29 is 9.59 Å². The predicted octanol–water partition coefficient (Wildman–Crippen LogP) is 2.68. The first-order valence-electron chi connectivity index (χ1n) is 8.44. The molecule has 0 radical (unpaired) electrons. The largest absolute Gasteiger partial charge is 0.384 e. The molecule has 2 aromatic carbocycles. The summed E-state index contributed by atoms with van der Waals surface area (Å²) in [5.41, 5.74) is 7.86. The number of rotatable bonds is 4. The fourth-order valence-electron chi connectivity index (χ4n) is 3.16. The van der Waals surface area contributed by atoms with E-state index in [4.69, 9.17) is 5.73 Å². The van der Waals surface area contributed by atoms with E-state index in [2.05, 4.69) is 26.6 Å². The number of amides is 2. The van der Waals surface area contributed by atoms with Gasteiger partial charge < -0.3 is 11.1 Å². The number of fused-ring (bicyclic) bond motifs is 1. The van der Waals surface area contributed by atoms with Gasteiger partial charge in [0.05, 0.1) is 22.5 Å². The minimum Gasteiger partial charge on any atom is -0.384 e. The molecule has 0 bridgehead atoms. The lowest BCUT2D eigenvalue weighted by molar-refractivity contribution is 0.0880. The van der Waals surface area contributed by atoms with Crippen LogP contribution in [0.3, 0.4) is 0 Å². The molecule has 140 valence electrons. The minimum absolute atomic E-state index is 0.00228. The van der Waals surface area contributed by atoms with Gasteiger partial charge in [-0.1, -0.05) is 46.3 Å². The lowest BCUT2D eigenvalue weighted by atomic mass is 10.1. The van der Waals surface area contributed by atoms with E-state index in [-0.39, 0.29) is 16.9 Å². The van der Waals surface area contributed by atoms with Gasteiger partial charge in [-0.05, 0) is 23.8 Å². The zero-order valence-corrected chi connectivity index (χ0v) is 16.1. The molecule has 0 saturated heterocycles. The molecule has 0 spiro atoms. The Bertz CT molecular complexity index is 1170. The lowest BCUT2D eigenvalue weighted by Gasteiger charge is -2.17. The molecule has 1 aliphatic heterocycles. The summed E-state index contributed by atoms with van der Waals surface area (Å²) in [4.78, 5) is 36.7. The smallest absolute Gasteiger partial charge is 0.262 e. The summed E-state index contributed by atoms with van der Waals surface area (Å²) in [7, 11) is 0. The van der Waals surface area contributed by atoms with Crippen LogP contribution in [0.15, 0.2) is 63.9 Å². The highest BCUT2D eigenvalue weighted by Crippen LogP contribution is 2.29. The first-order valence-corrected chi connectivity index (χ1v) is 9.24. The molecule has 0 aliphatic carbocycles. The van der Waals surface area contributed by atoms with E-state index < -0.39 is 17.4 Å². The summed E-state index contributed by atoms with van der Waals surface area (Å²) in [5, 5.41) is 5.46. The molecule has 7 nitrogen and oxygen atoms in total. The normalized spacial score (nSPS) is 12.6. The number of nitrogens with zero attached hydrogens (tertiary/aromatic N) is 1. The maximum absolute atomic E-state index is 12.7. The molecular weight excluding hydrogens is 424 g/mol. The van der Waals surface area contributed by atoms with Gasteiger partial charge in [0.2, 0.25) is 0 Å². The Labute approximate surface area is 168 Å². The molecule has 28 heavy (non-hydrogen) atoms. The fraction of sp³-hybridized carbons (Fsp3) is 0.0500. The summed E-state index contributed by atoms with van der Waals surface area (Å²) in [5.74, 6) is -1.31. The maximum atomic E-state index is 12.7. The zero-order valence-electron chi connectivity index (χ0n) is 14.5. The van der Waals surface area contributed by atoms with Gasteiger partial charge in [-0.2, -0.15) is 0 Å². The van der Waals surface area contributed by atoms with Gasteiger partial charge in [-0.3, -0.25) is 24.3 Å². The number of carbonyl (C=O) groups excluding carboxylic acids is 2. The Morgan fingerprint density at radius 1 is 1.00 bits per heavy atom. The van der Waals surface area contributed by atoms with Gasteiger partial charge >= 0.3 is 0 Å². The summed E-state index contributed by atoms with van der Waals surface area (Å²) in [6.45, 7) is 0.536. The van der Waals surface area contributed by atoms with Crippen molar-refractivity contribution in [2.24, 2.45) is 0 Å². The van der Waals surface area contributed by atoms with E-state index in [9.17, 15) is 14.4 Å². The van der Waals surface area contributed by atoms with E-state index >= 15 is 0 Å². The Morgan fingerprint density at radius 3 is 2.50 bits per heavy atom. The second kappa shape index (κ2) is 6.97. The average molecular weight is 439 g/mol. The van der Waals surface area contributed by atoms with Crippen molar-refractivity contribution in [1.29, 1.82) is 0 Å². The highest BCUT2D eigenvalue weighted by molar-refractivity contribution is 9.10. The van der Waals surface area contributed by atoms with Gasteiger partial charge in [-0.25, -0.2) is 0 Å². The highest BCUT2D eigenvalue weighted by atomic mass is 79.9. The molecular formula is C20H15BrN4O3. The molecule has 0 atom stereocenters. The Hall–Kier alpha value is -3.39. The summed E-state index contributed by atoms with van der Waals surface area (Å²) < 4.78 is 1.97. The topological polar surface area (TPSA) is 106 Å². The van der Waals surface area contributed by atoms with Crippen molar-refractivity contribution in [2.45, 2.75) is 6.54 Å². The van der Waals surface area contributed by atoms with Crippen molar-refractivity contribution in [1.82, 2.24) is 9.88 Å². The minimum atomic E-state index is -0.618. The quantitative estimate of drug-likeness (QED) is 0.542. The Balaban J connectivity index is 1.83.